The van der Waals surface area contributed by atoms with Crippen LogP contribution in [0.2, 0.25) is 5.02 Å². The van der Waals surface area contributed by atoms with Crippen LogP contribution < -0.4 is 14.2 Å². The van der Waals surface area contributed by atoms with Gasteiger partial charge in [0.25, 0.3) is 0 Å². The number of aromatic nitrogens is 1. The van der Waals surface area contributed by atoms with Gasteiger partial charge in [-0.15, -0.1) is 0 Å². The molecule has 0 saturated carbocycles. The number of hydrogen-bond acceptors (Lipinski definition) is 5. The minimum Gasteiger partial charge on any atom is -0.489 e. The normalized spacial score (nSPS) is 11.7. The molecule has 0 bridgehead atoms. The van der Waals surface area contributed by atoms with Crippen LogP contribution in [0, 0.1) is 0 Å². The molecule has 5 nitrogen and oxygen atoms in total. The first-order valence-corrected chi connectivity index (χ1v) is 11.0. The topological polar surface area (TPSA) is 57.7 Å². The van der Waals surface area contributed by atoms with E-state index >= 15 is 0 Å². The smallest absolute Gasteiger partial charge is 0.169 e. The van der Waals surface area contributed by atoms with Crippen LogP contribution in [0.4, 0.5) is 0 Å². The summed E-state index contributed by atoms with van der Waals surface area (Å²) in [6.07, 6.45) is -0.543. The van der Waals surface area contributed by atoms with Crippen LogP contribution in [0.1, 0.15) is 25.1 Å². The zero-order chi connectivity index (χ0) is 23.2. The van der Waals surface area contributed by atoms with Gasteiger partial charge in [-0.25, -0.2) is 4.98 Å². The van der Waals surface area contributed by atoms with Crippen molar-refractivity contribution in [3.8, 4) is 17.2 Å². The van der Waals surface area contributed by atoms with Crippen molar-refractivity contribution < 1.29 is 19.0 Å². The molecule has 168 valence electrons. The van der Waals surface area contributed by atoms with Crippen LogP contribution in [-0.4, -0.2) is 16.9 Å². The zero-order valence-corrected chi connectivity index (χ0v) is 19.2. The average Bonchev–Trinajstić information content (AvgIpc) is 2.83. The number of pyridine rings is 1. The summed E-state index contributed by atoms with van der Waals surface area (Å²) in [5.74, 6) is 1.92. The van der Waals surface area contributed by atoms with Gasteiger partial charge in [0.05, 0.1) is 11.2 Å². The number of rotatable bonds is 9. The van der Waals surface area contributed by atoms with Crippen molar-refractivity contribution in [2.45, 2.75) is 33.2 Å². The number of hydrogen-bond donors (Lipinski definition) is 0. The highest BCUT2D eigenvalue weighted by atomic mass is 35.5. The number of ether oxygens (including phenoxy) is 3. The Hall–Kier alpha value is -3.57. The molecule has 1 aromatic heterocycles. The zero-order valence-electron chi connectivity index (χ0n) is 18.5. The molecule has 0 aliphatic rings. The van der Waals surface area contributed by atoms with Crippen molar-refractivity contribution in [3.63, 3.8) is 0 Å². The van der Waals surface area contributed by atoms with E-state index in [-0.39, 0.29) is 12.4 Å². The standard InChI is InChI=1S/C27H24ClNO4/c1-18(30)19(2)33-27-14-8-22(28)15-21(27)16-31-24-10-12-25(13-11-24)32-17-23-9-7-20-5-3-4-6-26(20)29-23/h3-15,19H,16-17H2,1-2H3. The van der Waals surface area contributed by atoms with E-state index in [4.69, 9.17) is 25.8 Å². The molecule has 4 rings (SSSR count). The fourth-order valence-electron chi connectivity index (χ4n) is 3.19. The van der Waals surface area contributed by atoms with Crippen molar-refractivity contribution in [2.24, 2.45) is 0 Å². The van der Waals surface area contributed by atoms with E-state index < -0.39 is 6.10 Å². The number of nitrogens with zero attached hydrogens (tertiary/aromatic N) is 1. The quantitative estimate of drug-likeness (QED) is 0.288. The third-order valence-electron chi connectivity index (χ3n) is 5.16. The lowest BCUT2D eigenvalue weighted by atomic mass is 10.2. The number of para-hydroxylation sites is 1. The fraction of sp³-hybridized carbons (Fsp3) is 0.185. The van der Waals surface area contributed by atoms with Crippen molar-refractivity contribution in [3.05, 3.63) is 95.1 Å². The van der Waals surface area contributed by atoms with Gasteiger partial charge in [-0.3, -0.25) is 4.79 Å². The van der Waals surface area contributed by atoms with Crippen molar-refractivity contribution in [1.29, 1.82) is 0 Å². The van der Waals surface area contributed by atoms with Crippen LogP contribution in [0.5, 0.6) is 17.2 Å². The molecule has 3 aromatic carbocycles. The van der Waals surface area contributed by atoms with Gasteiger partial charge in [0.15, 0.2) is 11.9 Å². The molecule has 1 atom stereocenters. The lowest BCUT2D eigenvalue weighted by Gasteiger charge is -2.16. The molecular formula is C27H24ClNO4. The Morgan fingerprint density at radius 3 is 2.33 bits per heavy atom. The van der Waals surface area contributed by atoms with Crippen LogP contribution in [0.25, 0.3) is 10.9 Å². The third-order valence-corrected chi connectivity index (χ3v) is 5.39. The summed E-state index contributed by atoms with van der Waals surface area (Å²) in [4.78, 5) is 16.2. The molecule has 6 heteroatoms. The fourth-order valence-corrected chi connectivity index (χ4v) is 3.38. The van der Waals surface area contributed by atoms with Gasteiger partial charge in [0, 0.05) is 16.0 Å². The minimum atomic E-state index is -0.543. The summed E-state index contributed by atoms with van der Waals surface area (Å²) in [7, 11) is 0. The first-order valence-electron chi connectivity index (χ1n) is 10.6. The lowest BCUT2D eigenvalue weighted by molar-refractivity contribution is -0.122. The number of carbonyl (C=O) groups is 1. The summed E-state index contributed by atoms with van der Waals surface area (Å²) in [6, 6.07) is 24.6. The molecule has 4 aromatic rings. The maximum Gasteiger partial charge on any atom is 0.169 e. The van der Waals surface area contributed by atoms with E-state index in [1.54, 1.807) is 25.1 Å². The minimum absolute atomic E-state index is 0.0497. The maximum atomic E-state index is 11.5. The second kappa shape index (κ2) is 10.4. The monoisotopic (exact) mass is 461 g/mol. The number of halogens is 1. The summed E-state index contributed by atoms with van der Waals surface area (Å²) < 4.78 is 17.5. The van der Waals surface area contributed by atoms with E-state index in [1.165, 1.54) is 6.92 Å². The number of carbonyl (C=O) groups excluding carboxylic acids is 1. The van der Waals surface area contributed by atoms with E-state index in [1.807, 2.05) is 60.7 Å². The first-order chi connectivity index (χ1) is 16.0. The Kier molecular flexibility index (Phi) is 7.10. The molecule has 0 N–H and O–H groups in total. The molecule has 0 spiro atoms. The summed E-state index contributed by atoms with van der Waals surface area (Å²) in [6.45, 7) is 3.84. The lowest BCUT2D eigenvalue weighted by Crippen LogP contribution is -2.21. The molecular weight excluding hydrogens is 438 g/mol. The summed E-state index contributed by atoms with van der Waals surface area (Å²) in [5, 5.41) is 1.68. The van der Waals surface area contributed by atoms with E-state index in [9.17, 15) is 4.79 Å². The summed E-state index contributed by atoms with van der Waals surface area (Å²) in [5.41, 5.74) is 2.57. The SMILES string of the molecule is CC(=O)C(C)Oc1ccc(Cl)cc1COc1ccc(OCc2ccc3ccccc3n2)cc1. The van der Waals surface area contributed by atoms with Gasteiger partial charge < -0.3 is 14.2 Å². The van der Waals surface area contributed by atoms with Gasteiger partial charge in [0.1, 0.15) is 30.5 Å². The van der Waals surface area contributed by atoms with Gasteiger partial charge in [-0.2, -0.15) is 0 Å². The van der Waals surface area contributed by atoms with Crippen molar-refractivity contribution in [2.75, 3.05) is 0 Å². The van der Waals surface area contributed by atoms with Crippen LogP contribution in [0.15, 0.2) is 78.9 Å². The number of ketones is 1. The molecule has 1 heterocycles. The second-order valence-electron chi connectivity index (χ2n) is 7.67. The van der Waals surface area contributed by atoms with E-state index in [0.717, 1.165) is 27.9 Å². The highest BCUT2D eigenvalue weighted by Crippen LogP contribution is 2.26. The Labute approximate surface area is 197 Å². The highest BCUT2D eigenvalue weighted by molar-refractivity contribution is 6.30. The molecule has 0 saturated heterocycles. The van der Waals surface area contributed by atoms with Gasteiger partial charge >= 0.3 is 0 Å². The third kappa shape index (κ3) is 6.02. The second-order valence-corrected chi connectivity index (χ2v) is 8.10. The Bertz CT molecular complexity index is 1260. The van der Waals surface area contributed by atoms with Gasteiger partial charge in [0.2, 0.25) is 0 Å². The molecule has 0 fully saturated rings. The predicted octanol–water partition coefficient (Wildman–Crippen LogP) is 6.40. The first kappa shape index (κ1) is 22.6. The van der Waals surface area contributed by atoms with E-state index in [2.05, 4.69) is 4.98 Å². The Morgan fingerprint density at radius 1 is 0.909 bits per heavy atom. The number of Topliss-reactive ketones (excluding diaryl/α,β-unsaturated/α-hetero) is 1. The average molecular weight is 462 g/mol. The van der Waals surface area contributed by atoms with Crippen LogP contribution >= 0.6 is 11.6 Å². The van der Waals surface area contributed by atoms with Crippen LogP contribution in [-0.2, 0) is 18.0 Å². The van der Waals surface area contributed by atoms with Crippen LogP contribution in [0.3, 0.4) is 0 Å². The molecule has 33 heavy (non-hydrogen) atoms. The molecule has 0 amide bonds. The van der Waals surface area contributed by atoms with E-state index in [0.29, 0.717) is 23.1 Å². The molecule has 1 unspecified atom stereocenters. The predicted molar refractivity (Wildman–Crippen MR) is 129 cm³/mol. The molecule has 0 aliphatic heterocycles. The molecule has 0 radical (unpaired) electrons. The summed E-state index contributed by atoms with van der Waals surface area (Å²) >= 11 is 6.14. The van der Waals surface area contributed by atoms with Gasteiger partial charge in [-0.1, -0.05) is 35.9 Å². The number of benzene rings is 3. The maximum absolute atomic E-state index is 11.5. The Morgan fingerprint density at radius 2 is 1.61 bits per heavy atom. The van der Waals surface area contributed by atoms with Crippen molar-refractivity contribution in [1.82, 2.24) is 4.98 Å². The Balaban J connectivity index is 1.36. The largest absolute Gasteiger partial charge is 0.489 e. The molecule has 0 aliphatic carbocycles. The van der Waals surface area contributed by atoms with Crippen molar-refractivity contribution >= 4 is 28.3 Å². The van der Waals surface area contributed by atoms with Gasteiger partial charge in [-0.05, 0) is 68.4 Å². The number of fused-ring (bicyclic) bond motifs is 1. The highest BCUT2D eigenvalue weighted by Gasteiger charge is 2.13.